The average Bonchev–Trinajstić information content (AvgIpc) is 3.05. The molecule has 1 amide bonds. The minimum absolute atomic E-state index is 0. The van der Waals surface area contributed by atoms with Crippen molar-refractivity contribution in [2.45, 2.75) is 30.7 Å². The first-order valence-corrected chi connectivity index (χ1v) is 8.31. The maximum absolute atomic E-state index is 12.1. The van der Waals surface area contributed by atoms with Gasteiger partial charge in [0.1, 0.15) is 10.7 Å². The lowest BCUT2D eigenvalue weighted by molar-refractivity contribution is 0.0921. The molecular formula is C13H22ClN3O4S. The molecule has 2 heterocycles. The van der Waals surface area contributed by atoms with Crippen LogP contribution in [0.4, 0.5) is 0 Å². The van der Waals surface area contributed by atoms with Crippen LogP contribution in [0.1, 0.15) is 29.2 Å². The molecular weight excluding hydrogens is 330 g/mol. The molecule has 1 aromatic heterocycles. The highest BCUT2D eigenvalue weighted by atomic mass is 35.5. The summed E-state index contributed by atoms with van der Waals surface area (Å²) in [6.45, 7) is 3.01. The van der Waals surface area contributed by atoms with Crippen LogP contribution >= 0.6 is 12.4 Å². The molecule has 9 heteroatoms. The number of hydrogen-bond acceptors (Lipinski definition) is 5. The van der Waals surface area contributed by atoms with Gasteiger partial charge in [0.15, 0.2) is 5.76 Å². The molecule has 126 valence electrons. The first-order valence-electron chi connectivity index (χ1n) is 6.87. The van der Waals surface area contributed by atoms with E-state index in [1.807, 2.05) is 0 Å². The second-order valence-corrected chi connectivity index (χ2v) is 7.44. The predicted octanol–water partition coefficient (Wildman–Crippen LogP) is 0.742. The van der Waals surface area contributed by atoms with Gasteiger partial charge < -0.3 is 15.1 Å². The number of nitrogens with one attached hydrogen (secondary N) is 2. The van der Waals surface area contributed by atoms with E-state index in [0.717, 1.165) is 23.7 Å². The van der Waals surface area contributed by atoms with E-state index in [-0.39, 0.29) is 34.9 Å². The summed E-state index contributed by atoms with van der Waals surface area (Å²) in [4.78, 5) is 12.0. The summed E-state index contributed by atoms with van der Waals surface area (Å²) in [6.07, 6.45) is 2.13. The molecule has 0 spiro atoms. The monoisotopic (exact) mass is 351 g/mol. The molecule has 1 atom stereocenters. The zero-order chi connectivity index (χ0) is 15.6. The fourth-order valence-electron chi connectivity index (χ4n) is 2.26. The minimum atomic E-state index is -3.60. The number of carbonyl (C=O) groups excluding carboxylic acids is 1. The second-order valence-electron chi connectivity index (χ2n) is 5.32. The Morgan fingerprint density at radius 1 is 1.50 bits per heavy atom. The number of aryl methyl sites for hydroxylation is 1. The Morgan fingerprint density at radius 2 is 2.18 bits per heavy atom. The van der Waals surface area contributed by atoms with Gasteiger partial charge >= 0.3 is 0 Å². The van der Waals surface area contributed by atoms with Crippen LogP contribution < -0.4 is 10.6 Å². The van der Waals surface area contributed by atoms with Crippen molar-refractivity contribution < 1.29 is 17.6 Å². The Kier molecular flexibility index (Phi) is 6.42. The molecule has 0 radical (unpaired) electrons. The fourth-order valence-corrected chi connectivity index (χ4v) is 3.32. The smallest absolute Gasteiger partial charge is 0.287 e. The molecule has 0 aliphatic carbocycles. The standard InChI is InChI=1S/C13H21N3O4S.ClH/c1-9-12(21(18,19)16(2)3)7-11(20-9)13(17)15-8-10-5-4-6-14-10;/h7,10,14H,4-6,8H2,1-3H3,(H,15,17);1H. The summed E-state index contributed by atoms with van der Waals surface area (Å²) in [5.41, 5.74) is 0. The molecule has 1 saturated heterocycles. The van der Waals surface area contributed by atoms with Gasteiger partial charge in [-0.1, -0.05) is 0 Å². The Labute approximate surface area is 136 Å². The molecule has 1 aliphatic rings. The second kappa shape index (κ2) is 7.45. The zero-order valence-corrected chi connectivity index (χ0v) is 14.5. The quantitative estimate of drug-likeness (QED) is 0.816. The van der Waals surface area contributed by atoms with Gasteiger partial charge in [0.2, 0.25) is 10.0 Å². The number of halogens is 1. The van der Waals surface area contributed by atoms with Gasteiger partial charge in [-0.3, -0.25) is 4.79 Å². The van der Waals surface area contributed by atoms with Crippen molar-refractivity contribution in [3.05, 3.63) is 17.6 Å². The number of carbonyl (C=O) groups is 1. The lowest BCUT2D eigenvalue weighted by Crippen LogP contribution is -2.37. The van der Waals surface area contributed by atoms with E-state index in [0.29, 0.717) is 6.54 Å². The van der Waals surface area contributed by atoms with Crippen LogP contribution in [0.5, 0.6) is 0 Å². The molecule has 1 aromatic rings. The normalized spacial score (nSPS) is 18.3. The number of nitrogens with zero attached hydrogens (tertiary/aromatic N) is 1. The third kappa shape index (κ3) is 4.01. The fraction of sp³-hybridized carbons (Fsp3) is 0.615. The van der Waals surface area contributed by atoms with E-state index in [1.165, 1.54) is 27.1 Å². The van der Waals surface area contributed by atoms with E-state index in [4.69, 9.17) is 4.42 Å². The van der Waals surface area contributed by atoms with Crippen molar-refractivity contribution in [1.82, 2.24) is 14.9 Å². The summed E-state index contributed by atoms with van der Waals surface area (Å²) in [6, 6.07) is 1.55. The molecule has 0 aromatic carbocycles. The molecule has 22 heavy (non-hydrogen) atoms. The number of rotatable bonds is 5. The summed E-state index contributed by atoms with van der Waals surface area (Å²) in [5, 5.41) is 6.03. The lowest BCUT2D eigenvalue weighted by atomic mass is 10.2. The SMILES string of the molecule is Cc1oc(C(=O)NCC2CCCN2)cc1S(=O)(=O)N(C)C.Cl. The Morgan fingerprint density at radius 3 is 2.73 bits per heavy atom. The first kappa shape index (κ1) is 19.0. The molecule has 7 nitrogen and oxygen atoms in total. The van der Waals surface area contributed by atoms with E-state index in [2.05, 4.69) is 10.6 Å². The van der Waals surface area contributed by atoms with Gasteiger partial charge in [0.05, 0.1) is 0 Å². The maximum atomic E-state index is 12.1. The van der Waals surface area contributed by atoms with Crippen LogP contribution in [0.3, 0.4) is 0 Å². The largest absolute Gasteiger partial charge is 0.455 e. The summed E-state index contributed by atoms with van der Waals surface area (Å²) < 4.78 is 30.5. The van der Waals surface area contributed by atoms with Crippen LogP contribution in [0.15, 0.2) is 15.4 Å². The van der Waals surface area contributed by atoms with Crippen LogP contribution in [0.2, 0.25) is 0 Å². The number of furan rings is 1. The number of hydrogen-bond donors (Lipinski definition) is 2. The van der Waals surface area contributed by atoms with Gasteiger partial charge in [0, 0.05) is 32.7 Å². The van der Waals surface area contributed by atoms with Crippen molar-refractivity contribution >= 4 is 28.3 Å². The third-order valence-corrected chi connectivity index (χ3v) is 5.45. The lowest BCUT2D eigenvalue weighted by Gasteiger charge is -2.10. The highest BCUT2D eigenvalue weighted by Gasteiger charge is 2.26. The molecule has 0 saturated carbocycles. The van der Waals surface area contributed by atoms with Crippen molar-refractivity contribution in [3.63, 3.8) is 0 Å². The Bertz CT molecular complexity index is 621. The van der Waals surface area contributed by atoms with Gasteiger partial charge in [0.25, 0.3) is 5.91 Å². The van der Waals surface area contributed by atoms with E-state index >= 15 is 0 Å². The van der Waals surface area contributed by atoms with Gasteiger partial charge in [-0.25, -0.2) is 12.7 Å². The summed E-state index contributed by atoms with van der Waals surface area (Å²) in [7, 11) is -0.728. The average molecular weight is 352 g/mol. The zero-order valence-electron chi connectivity index (χ0n) is 12.9. The van der Waals surface area contributed by atoms with Crippen molar-refractivity contribution in [2.24, 2.45) is 0 Å². The highest BCUT2D eigenvalue weighted by molar-refractivity contribution is 7.89. The topological polar surface area (TPSA) is 91.6 Å². The van der Waals surface area contributed by atoms with Crippen LogP contribution in [0, 0.1) is 6.92 Å². The van der Waals surface area contributed by atoms with Crippen LogP contribution in [-0.2, 0) is 10.0 Å². The van der Waals surface area contributed by atoms with Crippen LogP contribution in [-0.4, -0.2) is 51.9 Å². The first-order chi connectivity index (χ1) is 9.82. The molecule has 2 N–H and O–H groups in total. The van der Waals surface area contributed by atoms with E-state index in [9.17, 15) is 13.2 Å². The number of amides is 1. The number of sulfonamides is 1. The van der Waals surface area contributed by atoms with E-state index < -0.39 is 15.9 Å². The summed E-state index contributed by atoms with van der Waals surface area (Å²) >= 11 is 0. The van der Waals surface area contributed by atoms with E-state index in [1.54, 1.807) is 0 Å². The van der Waals surface area contributed by atoms with Crippen molar-refractivity contribution in [1.29, 1.82) is 0 Å². The van der Waals surface area contributed by atoms with Gasteiger partial charge in [-0.05, 0) is 26.3 Å². The highest BCUT2D eigenvalue weighted by Crippen LogP contribution is 2.22. The maximum Gasteiger partial charge on any atom is 0.287 e. The molecule has 0 bridgehead atoms. The van der Waals surface area contributed by atoms with Crippen LogP contribution in [0.25, 0.3) is 0 Å². The molecule has 1 aliphatic heterocycles. The Hall–Kier alpha value is -1.09. The predicted molar refractivity (Wildman–Crippen MR) is 84.9 cm³/mol. The van der Waals surface area contributed by atoms with Gasteiger partial charge in [-0.15, -0.1) is 12.4 Å². The Balaban J connectivity index is 0.00000242. The minimum Gasteiger partial charge on any atom is -0.455 e. The molecule has 2 rings (SSSR count). The summed E-state index contributed by atoms with van der Waals surface area (Å²) in [5.74, 6) is -0.161. The molecule has 1 unspecified atom stereocenters. The third-order valence-electron chi connectivity index (χ3n) is 3.53. The molecule has 1 fully saturated rings. The van der Waals surface area contributed by atoms with Gasteiger partial charge in [-0.2, -0.15) is 0 Å². The van der Waals surface area contributed by atoms with Crippen molar-refractivity contribution in [3.8, 4) is 0 Å². The van der Waals surface area contributed by atoms with Crippen molar-refractivity contribution in [2.75, 3.05) is 27.2 Å².